The number of likely N-dealkylation sites (tertiary alicyclic amines) is 1. The van der Waals surface area contributed by atoms with Crippen LogP contribution in [0.1, 0.15) is 83.5 Å². The fourth-order valence-electron chi connectivity index (χ4n) is 6.57. The van der Waals surface area contributed by atoms with Gasteiger partial charge in [0.25, 0.3) is 0 Å². The van der Waals surface area contributed by atoms with E-state index in [2.05, 4.69) is 45.7 Å². The Kier molecular flexibility index (Phi) is 7.95. The smallest absolute Gasteiger partial charge is 0.410 e. The lowest BCUT2D eigenvalue weighted by molar-refractivity contribution is 0.0197. The second kappa shape index (κ2) is 11.6. The number of ether oxygens (including phenoxy) is 2. The molecular formula is C35H46N6O4. The highest BCUT2D eigenvalue weighted by atomic mass is 16.6. The van der Waals surface area contributed by atoms with Crippen LogP contribution >= 0.6 is 0 Å². The third-order valence-corrected chi connectivity index (χ3v) is 8.82. The normalized spacial score (nSPS) is 17.8. The quantitative estimate of drug-likeness (QED) is 0.218. The van der Waals surface area contributed by atoms with E-state index in [1.807, 2.05) is 59.6 Å². The van der Waals surface area contributed by atoms with Gasteiger partial charge in [0.15, 0.2) is 0 Å². The van der Waals surface area contributed by atoms with Crippen molar-refractivity contribution in [2.45, 2.75) is 96.8 Å². The fourth-order valence-corrected chi connectivity index (χ4v) is 6.57. The standard InChI is InChI=1S/C35H46N6O4/c1-34(2,3)44-32(42)40(7)23-9-12-28-26(19-23)25-11-13-30(39-31(25)38-28)37-22-8-10-24-27(20-36-29(24)18-22)21-14-16-41(17-15-21)33(43)45-35(4,5)6/h8,10-11,13,18,20-21,23,36H,9,12,14-17,19H2,1-7H3,(H2,37,38,39). The van der Waals surface area contributed by atoms with E-state index in [4.69, 9.17) is 14.5 Å². The summed E-state index contributed by atoms with van der Waals surface area (Å²) in [5, 5.41) is 5.79. The molecule has 1 fully saturated rings. The molecular weight excluding hydrogens is 568 g/mol. The Morgan fingerprint density at radius 3 is 2.40 bits per heavy atom. The van der Waals surface area contributed by atoms with Crippen molar-refractivity contribution in [1.82, 2.24) is 24.8 Å². The van der Waals surface area contributed by atoms with Crippen LogP contribution in [0.5, 0.6) is 0 Å². The average Bonchev–Trinajstić information content (AvgIpc) is 3.55. The summed E-state index contributed by atoms with van der Waals surface area (Å²) in [6.07, 6.45) is 5.93. The Balaban J connectivity index is 1.11. The third-order valence-electron chi connectivity index (χ3n) is 8.82. The highest BCUT2D eigenvalue weighted by molar-refractivity contribution is 5.88. The number of nitrogens with zero attached hydrogens (tertiary/aromatic N) is 3. The number of hydrogen-bond donors (Lipinski definition) is 3. The first-order chi connectivity index (χ1) is 21.2. The van der Waals surface area contributed by atoms with E-state index in [1.165, 1.54) is 22.2 Å². The molecule has 3 aromatic heterocycles. The number of anilines is 2. The first-order valence-electron chi connectivity index (χ1n) is 16.1. The highest BCUT2D eigenvalue weighted by Gasteiger charge is 2.31. The summed E-state index contributed by atoms with van der Waals surface area (Å²) in [6.45, 7) is 12.8. The Hall–Kier alpha value is -4.21. The molecule has 0 saturated carbocycles. The number of fused-ring (bicyclic) bond motifs is 4. The second-order valence-electron chi connectivity index (χ2n) is 14.5. The fraction of sp³-hybridized carbons (Fsp3) is 0.514. The summed E-state index contributed by atoms with van der Waals surface area (Å²) in [6, 6.07) is 10.6. The van der Waals surface area contributed by atoms with Gasteiger partial charge in [-0.2, -0.15) is 0 Å². The minimum atomic E-state index is -0.518. The highest BCUT2D eigenvalue weighted by Crippen LogP contribution is 2.36. The number of carbonyl (C=O) groups excluding carboxylic acids is 2. The summed E-state index contributed by atoms with van der Waals surface area (Å²) in [5.41, 5.74) is 5.60. The number of H-pyrrole nitrogens is 2. The maximum atomic E-state index is 12.7. The van der Waals surface area contributed by atoms with Crippen molar-refractivity contribution >= 4 is 45.6 Å². The van der Waals surface area contributed by atoms with E-state index < -0.39 is 11.2 Å². The van der Waals surface area contributed by atoms with Crippen LogP contribution in [0.15, 0.2) is 36.5 Å². The number of rotatable bonds is 4. The van der Waals surface area contributed by atoms with Crippen LogP contribution in [0, 0.1) is 0 Å². The van der Waals surface area contributed by atoms with Crippen LogP contribution in [0.2, 0.25) is 0 Å². The van der Waals surface area contributed by atoms with Gasteiger partial charge in [-0.3, -0.25) is 0 Å². The molecule has 0 spiro atoms. The van der Waals surface area contributed by atoms with E-state index in [1.54, 1.807) is 4.90 Å². The van der Waals surface area contributed by atoms with Crippen molar-refractivity contribution in [2.24, 2.45) is 0 Å². The molecule has 6 rings (SSSR count). The topological polar surface area (TPSA) is 116 Å². The van der Waals surface area contributed by atoms with Crippen LogP contribution in [0.25, 0.3) is 21.9 Å². The summed E-state index contributed by atoms with van der Waals surface area (Å²) in [5.74, 6) is 1.16. The molecule has 1 atom stereocenters. The minimum Gasteiger partial charge on any atom is -0.444 e. The molecule has 10 nitrogen and oxygen atoms in total. The van der Waals surface area contributed by atoms with E-state index in [9.17, 15) is 9.59 Å². The number of pyridine rings is 1. The van der Waals surface area contributed by atoms with E-state index in [-0.39, 0.29) is 18.2 Å². The lowest BCUT2D eigenvalue weighted by Gasteiger charge is -2.33. The summed E-state index contributed by atoms with van der Waals surface area (Å²) in [7, 11) is 1.83. The zero-order valence-corrected chi connectivity index (χ0v) is 27.5. The molecule has 45 heavy (non-hydrogen) atoms. The number of likely N-dealkylation sites (N-methyl/N-ethyl adjacent to an activating group) is 1. The molecule has 1 aromatic carbocycles. The molecule has 1 aliphatic heterocycles. The third kappa shape index (κ3) is 6.74. The van der Waals surface area contributed by atoms with Crippen molar-refractivity contribution in [3.05, 3.63) is 53.3 Å². The molecule has 2 amide bonds. The predicted octanol–water partition coefficient (Wildman–Crippen LogP) is 7.63. The van der Waals surface area contributed by atoms with Crippen LogP contribution in [0.4, 0.5) is 21.1 Å². The van der Waals surface area contributed by atoms with Crippen molar-refractivity contribution in [3.8, 4) is 0 Å². The average molecular weight is 615 g/mol. The number of hydrogen-bond acceptors (Lipinski definition) is 6. The van der Waals surface area contributed by atoms with Gasteiger partial charge in [-0.25, -0.2) is 14.6 Å². The molecule has 2 aliphatic rings. The maximum Gasteiger partial charge on any atom is 0.410 e. The molecule has 4 aromatic rings. The number of piperidine rings is 1. The van der Waals surface area contributed by atoms with Crippen LogP contribution in [-0.4, -0.2) is 74.3 Å². The predicted molar refractivity (Wildman–Crippen MR) is 177 cm³/mol. The number of aryl methyl sites for hydroxylation is 1. The molecule has 240 valence electrons. The number of aromatic amines is 2. The zero-order valence-electron chi connectivity index (χ0n) is 27.5. The number of amides is 2. The molecule has 1 aliphatic carbocycles. The van der Waals surface area contributed by atoms with E-state index >= 15 is 0 Å². The van der Waals surface area contributed by atoms with Gasteiger partial charge in [0.1, 0.15) is 22.7 Å². The van der Waals surface area contributed by atoms with Gasteiger partial charge in [0.05, 0.1) is 0 Å². The van der Waals surface area contributed by atoms with Gasteiger partial charge >= 0.3 is 12.2 Å². The summed E-state index contributed by atoms with van der Waals surface area (Å²) in [4.78, 5) is 40.6. The van der Waals surface area contributed by atoms with Crippen LogP contribution in [0.3, 0.4) is 0 Å². The lowest BCUT2D eigenvalue weighted by atomic mass is 9.89. The summed E-state index contributed by atoms with van der Waals surface area (Å²) >= 11 is 0. The Bertz CT molecular complexity index is 1720. The molecule has 4 heterocycles. The molecule has 10 heteroatoms. The van der Waals surface area contributed by atoms with Gasteiger partial charge in [-0.1, -0.05) is 6.07 Å². The molecule has 1 saturated heterocycles. The maximum absolute atomic E-state index is 12.7. The van der Waals surface area contributed by atoms with Crippen molar-refractivity contribution < 1.29 is 19.1 Å². The Labute approximate surface area is 264 Å². The number of benzene rings is 1. The van der Waals surface area contributed by atoms with Crippen molar-refractivity contribution in [1.29, 1.82) is 0 Å². The first kappa shape index (κ1) is 30.8. The van der Waals surface area contributed by atoms with Crippen LogP contribution in [-0.2, 0) is 22.3 Å². The SMILES string of the molecule is CN(C(=O)OC(C)(C)C)C1CCc2[nH]c3nc(Nc4ccc5c(C6CCN(C(=O)OC(C)(C)C)CC6)c[nH]c5c4)ccc3c2C1. The largest absolute Gasteiger partial charge is 0.444 e. The molecule has 3 N–H and O–H groups in total. The summed E-state index contributed by atoms with van der Waals surface area (Å²) < 4.78 is 11.2. The van der Waals surface area contributed by atoms with Crippen LogP contribution < -0.4 is 5.32 Å². The monoisotopic (exact) mass is 614 g/mol. The van der Waals surface area contributed by atoms with E-state index in [0.717, 1.165) is 60.2 Å². The number of carbonyl (C=O) groups is 2. The van der Waals surface area contributed by atoms with Crippen molar-refractivity contribution in [3.63, 3.8) is 0 Å². The molecule has 0 bridgehead atoms. The Morgan fingerprint density at radius 2 is 1.69 bits per heavy atom. The van der Waals surface area contributed by atoms with Gasteiger partial charge in [0.2, 0.25) is 0 Å². The van der Waals surface area contributed by atoms with Gasteiger partial charge < -0.3 is 34.6 Å². The second-order valence-corrected chi connectivity index (χ2v) is 14.5. The van der Waals surface area contributed by atoms with Crippen molar-refractivity contribution in [2.75, 3.05) is 25.5 Å². The molecule has 0 radical (unpaired) electrons. The van der Waals surface area contributed by atoms with Gasteiger partial charge in [-0.05, 0) is 115 Å². The first-order valence-corrected chi connectivity index (χ1v) is 16.1. The van der Waals surface area contributed by atoms with Gasteiger partial charge in [0, 0.05) is 60.0 Å². The minimum absolute atomic E-state index is 0.0825. The zero-order chi connectivity index (χ0) is 32.1. The Morgan fingerprint density at radius 1 is 0.978 bits per heavy atom. The number of aromatic nitrogens is 3. The van der Waals surface area contributed by atoms with E-state index in [0.29, 0.717) is 19.0 Å². The van der Waals surface area contributed by atoms with Gasteiger partial charge in [-0.15, -0.1) is 0 Å². The number of nitrogens with one attached hydrogen (secondary N) is 3. The lowest BCUT2D eigenvalue weighted by Crippen LogP contribution is -2.43. The molecule has 1 unspecified atom stereocenters.